The van der Waals surface area contributed by atoms with Gasteiger partial charge in [0, 0.05) is 25.2 Å². The lowest BCUT2D eigenvalue weighted by molar-refractivity contribution is -0.117. The van der Waals surface area contributed by atoms with Gasteiger partial charge < -0.3 is 10.2 Å². The molecular weight excluding hydrogens is 296 g/mol. The second-order valence-corrected chi connectivity index (χ2v) is 5.67. The summed E-state index contributed by atoms with van der Waals surface area (Å²) in [6, 6.07) is 7.88. The van der Waals surface area contributed by atoms with E-state index in [1.807, 2.05) is 36.1 Å². The van der Waals surface area contributed by atoms with E-state index < -0.39 is 0 Å². The number of hydrazone groups is 1. The number of nitrogens with one attached hydrogen (secondary N) is 2. The lowest BCUT2D eigenvalue weighted by atomic mass is 10.1. The van der Waals surface area contributed by atoms with Crippen LogP contribution in [0.15, 0.2) is 29.4 Å². The summed E-state index contributed by atoms with van der Waals surface area (Å²) in [5.74, 6) is 0.201. The van der Waals surface area contributed by atoms with Gasteiger partial charge in [0.2, 0.25) is 5.91 Å². The van der Waals surface area contributed by atoms with Crippen LogP contribution in [0.5, 0.6) is 0 Å². The number of thiocarbonyl (C=S) groups is 1. The number of nitrogens with zero attached hydrogens (tertiary/aromatic N) is 2. The second-order valence-electron chi connectivity index (χ2n) is 5.26. The SMILES string of the molecule is CCCNC(=S)N/N=C(/C)c1ccc(N2CCCC2=O)cc1. The maximum Gasteiger partial charge on any atom is 0.227 e. The molecule has 1 aliphatic heterocycles. The van der Waals surface area contributed by atoms with Crippen molar-refractivity contribution in [2.45, 2.75) is 33.1 Å². The third kappa shape index (κ3) is 4.27. The zero-order chi connectivity index (χ0) is 15.9. The molecule has 0 aromatic heterocycles. The Balaban J connectivity index is 1.97. The molecule has 2 N–H and O–H groups in total. The van der Waals surface area contributed by atoms with Crippen LogP contribution in [-0.2, 0) is 4.79 Å². The second kappa shape index (κ2) is 7.89. The van der Waals surface area contributed by atoms with Gasteiger partial charge in [-0.05, 0) is 49.7 Å². The van der Waals surface area contributed by atoms with Crippen molar-refractivity contribution in [3.05, 3.63) is 29.8 Å². The highest BCUT2D eigenvalue weighted by Gasteiger charge is 2.21. The van der Waals surface area contributed by atoms with E-state index in [0.29, 0.717) is 11.5 Å². The quantitative estimate of drug-likeness (QED) is 0.497. The summed E-state index contributed by atoms with van der Waals surface area (Å²) >= 11 is 5.12. The number of rotatable bonds is 5. The van der Waals surface area contributed by atoms with Crippen molar-refractivity contribution in [1.29, 1.82) is 0 Å². The highest BCUT2D eigenvalue weighted by Crippen LogP contribution is 2.21. The lowest BCUT2D eigenvalue weighted by Crippen LogP contribution is -2.33. The largest absolute Gasteiger partial charge is 0.361 e. The van der Waals surface area contributed by atoms with Crippen molar-refractivity contribution in [2.75, 3.05) is 18.0 Å². The van der Waals surface area contributed by atoms with E-state index in [1.165, 1.54) is 0 Å². The van der Waals surface area contributed by atoms with E-state index in [-0.39, 0.29) is 5.91 Å². The molecule has 118 valence electrons. The highest BCUT2D eigenvalue weighted by molar-refractivity contribution is 7.80. The molecule has 6 heteroatoms. The lowest BCUT2D eigenvalue weighted by Gasteiger charge is -2.15. The molecule has 5 nitrogen and oxygen atoms in total. The Kier molecular flexibility index (Phi) is 5.89. The molecule has 1 heterocycles. The van der Waals surface area contributed by atoms with Crippen LogP contribution in [0.1, 0.15) is 38.7 Å². The Labute approximate surface area is 136 Å². The third-order valence-electron chi connectivity index (χ3n) is 3.53. The van der Waals surface area contributed by atoms with Crippen molar-refractivity contribution in [3.8, 4) is 0 Å². The fourth-order valence-corrected chi connectivity index (χ4v) is 2.43. The van der Waals surface area contributed by atoms with Gasteiger partial charge in [-0.1, -0.05) is 19.1 Å². The van der Waals surface area contributed by atoms with Gasteiger partial charge >= 0.3 is 0 Å². The highest BCUT2D eigenvalue weighted by atomic mass is 32.1. The molecule has 1 saturated heterocycles. The van der Waals surface area contributed by atoms with Crippen LogP contribution in [0.4, 0.5) is 5.69 Å². The van der Waals surface area contributed by atoms with E-state index in [9.17, 15) is 4.79 Å². The summed E-state index contributed by atoms with van der Waals surface area (Å²) in [4.78, 5) is 13.6. The van der Waals surface area contributed by atoms with Gasteiger partial charge in [-0.2, -0.15) is 5.10 Å². The van der Waals surface area contributed by atoms with Gasteiger partial charge in [-0.3, -0.25) is 10.2 Å². The minimum atomic E-state index is 0.201. The standard InChI is InChI=1S/C16H22N4OS/c1-3-10-17-16(22)19-18-12(2)13-6-8-14(9-7-13)20-11-4-5-15(20)21/h6-9H,3-5,10-11H2,1-2H3,(H2,17,19,22)/b18-12-. The Morgan fingerprint density at radius 2 is 2.09 bits per heavy atom. The topological polar surface area (TPSA) is 56.7 Å². The normalized spacial score (nSPS) is 15.1. The molecule has 1 aromatic rings. The first-order valence-corrected chi connectivity index (χ1v) is 8.01. The van der Waals surface area contributed by atoms with Crippen LogP contribution in [0, 0.1) is 0 Å². The fraction of sp³-hybridized carbons (Fsp3) is 0.438. The summed E-state index contributed by atoms with van der Waals surface area (Å²) in [5.41, 5.74) is 5.64. The number of hydrogen-bond donors (Lipinski definition) is 2. The number of amides is 1. The third-order valence-corrected chi connectivity index (χ3v) is 3.77. The van der Waals surface area contributed by atoms with Crippen molar-refractivity contribution >= 4 is 34.6 Å². The Morgan fingerprint density at radius 3 is 2.68 bits per heavy atom. The molecule has 0 bridgehead atoms. The molecule has 1 fully saturated rings. The molecule has 1 aliphatic rings. The van der Waals surface area contributed by atoms with Crippen molar-refractivity contribution < 1.29 is 4.79 Å². The van der Waals surface area contributed by atoms with E-state index in [4.69, 9.17) is 12.2 Å². The molecule has 1 amide bonds. The van der Waals surface area contributed by atoms with Gasteiger partial charge in [-0.25, -0.2) is 0 Å². The molecule has 22 heavy (non-hydrogen) atoms. The molecule has 0 aliphatic carbocycles. The molecule has 0 spiro atoms. The van der Waals surface area contributed by atoms with Crippen molar-refractivity contribution in [2.24, 2.45) is 5.10 Å². The molecule has 0 atom stereocenters. The number of carbonyl (C=O) groups is 1. The summed E-state index contributed by atoms with van der Waals surface area (Å²) in [6.45, 7) is 5.64. The number of carbonyl (C=O) groups excluding carboxylic acids is 1. The minimum absolute atomic E-state index is 0.201. The summed E-state index contributed by atoms with van der Waals surface area (Å²) in [5, 5.41) is 7.86. The van der Waals surface area contributed by atoms with Gasteiger partial charge in [0.25, 0.3) is 0 Å². The average molecular weight is 318 g/mol. The maximum atomic E-state index is 11.7. The molecule has 0 unspecified atom stereocenters. The number of hydrogen-bond acceptors (Lipinski definition) is 3. The molecular formula is C16H22N4OS. The summed E-state index contributed by atoms with van der Waals surface area (Å²) < 4.78 is 0. The van der Waals surface area contributed by atoms with Crippen LogP contribution < -0.4 is 15.6 Å². The fourth-order valence-electron chi connectivity index (χ4n) is 2.28. The van der Waals surface area contributed by atoms with Gasteiger partial charge in [0.15, 0.2) is 5.11 Å². The van der Waals surface area contributed by atoms with E-state index in [1.54, 1.807) is 0 Å². The molecule has 1 aromatic carbocycles. The Morgan fingerprint density at radius 1 is 1.36 bits per heavy atom. The predicted octanol–water partition coefficient (Wildman–Crippen LogP) is 2.41. The number of anilines is 1. The van der Waals surface area contributed by atoms with Gasteiger partial charge in [-0.15, -0.1) is 0 Å². The van der Waals surface area contributed by atoms with Crippen molar-refractivity contribution in [1.82, 2.24) is 10.7 Å². The zero-order valence-corrected chi connectivity index (χ0v) is 13.9. The molecule has 0 radical (unpaired) electrons. The molecule has 2 rings (SSSR count). The Bertz CT molecular complexity index is 568. The minimum Gasteiger partial charge on any atom is -0.361 e. The van der Waals surface area contributed by atoms with Crippen LogP contribution >= 0.6 is 12.2 Å². The zero-order valence-electron chi connectivity index (χ0n) is 13.1. The summed E-state index contributed by atoms with van der Waals surface area (Å²) in [7, 11) is 0. The number of benzene rings is 1. The Hall–Kier alpha value is -1.95. The van der Waals surface area contributed by atoms with Gasteiger partial charge in [0.05, 0.1) is 5.71 Å². The maximum absolute atomic E-state index is 11.7. The van der Waals surface area contributed by atoms with Crippen LogP contribution in [-0.4, -0.2) is 29.8 Å². The first kappa shape index (κ1) is 16.4. The van der Waals surface area contributed by atoms with E-state index >= 15 is 0 Å². The van der Waals surface area contributed by atoms with Crippen molar-refractivity contribution in [3.63, 3.8) is 0 Å². The first-order chi connectivity index (χ1) is 10.6. The predicted molar refractivity (Wildman–Crippen MR) is 94.3 cm³/mol. The monoisotopic (exact) mass is 318 g/mol. The van der Waals surface area contributed by atoms with E-state index in [2.05, 4.69) is 22.8 Å². The summed E-state index contributed by atoms with van der Waals surface area (Å²) in [6.07, 6.45) is 2.60. The van der Waals surface area contributed by atoms with Crippen LogP contribution in [0.25, 0.3) is 0 Å². The van der Waals surface area contributed by atoms with Crippen LogP contribution in [0.3, 0.4) is 0 Å². The van der Waals surface area contributed by atoms with Crippen LogP contribution in [0.2, 0.25) is 0 Å². The average Bonchev–Trinajstić information content (AvgIpc) is 2.96. The van der Waals surface area contributed by atoms with E-state index in [0.717, 1.165) is 42.9 Å². The first-order valence-electron chi connectivity index (χ1n) is 7.60. The van der Waals surface area contributed by atoms with Gasteiger partial charge in [0.1, 0.15) is 0 Å². The smallest absolute Gasteiger partial charge is 0.227 e. The molecule has 0 saturated carbocycles.